The van der Waals surface area contributed by atoms with Crippen LogP contribution in [-0.2, 0) is 11.2 Å². The maximum atomic E-state index is 11.4. The van der Waals surface area contributed by atoms with E-state index < -0.39 is 0 Å². The third-order valence-electron chi connectivity index (χ3n) is 3.22. The molecule has 1 aliphatic rings. The van der Waals surface area contributed by atoms with Crippen molar-refractivity contribution in [2.75, 3.05) is 20.1 Å². The van der Waals surface area contributed by atoms with Crippen LogP contribution in [0.15, 0.2) is 11.4 Å². The summed E-state index contributed by atoms with van der Waals surface area (Å²) in [5, 5.41) is 4.86. The van der Waals surface area contributed by atoms with Crippen molar-refractivity contribution < 1.29 is 4.79 Å². The quantitative estimate of drug-likeness (QED) is 0.871. The maximum absolute atomic E-state index is 11.4. The SMILES string of the molecule is CC[C@@H]1c2ccsc2CCN1CC(=O)NC. The molecule has 0 unspecified atom stereocenters. The van der Waals surface area contributed by atoms with E-state index in [0.717, 1.165) is 19.4 Å². The standard InChI is InChI=1S/C12H18N2OS/c1-3-10-9-5-7-16-11(9)4-6-14(10)8-12(15)13-2/h5,7,10H,3-4,6,8H2,1-2H3,(H,13,15)/t10-/m1/s1. The zero-order chi connectivity index (χ0) is 11.5. The summed E-state index contributed by atoms with van der Waals surface area (Å²) in [6, 6.07) is 2.64. The van der Waals surface area contributed by atoms with E-state index in [-0.39, 0.29) is 5.91 Å². The van der Waals surface area contributed by atoms with Crippen LogP contribution in [0.4, 0.5) is 0 Å². The molecule has 1 atom stereocenters. The van der Waals surface area contributed by atoms with Gasteiger partial charge in [0.05, 0.1) is 6.54 Å². The lowest BCUT2D eigenvalue weighted by Gasteiger charge is -2.34. The Labute approximate surface area is 100 Å². The molecule has 3 nitrogen and oxygen atoms in total. The minimum absolute atomic E-state index is 0.108. The highest BCUT2D eigenvalue weighted by atomic mass is 32.1. The molecule has 2 heterocycles. The molecular weight excluding hydrogens is 220 g/mol. The number of carbonyl (C=O) groups is 1. The van der Waals surface area contributed by atoms with Gasteiger partial charge in [-0.3, -0.25) is 9.69 Å². The summed E-state index contributed by atoms with van der Waals surface area (Å²) in [5.74, 6) is 0.108. The number of fused-ring (bicyclic) bond motifs is 1. The fraction of sp³-hybridized carbons (Fsp3) is 0.583. The van der Waals surface area contributed by atoms with Crippen molar-refractivity contribution in [2.24, 2.45) is 0 Å². The average Bonchev–Trinajstić information content (AvgIpc) is 2.76. The van der Waals surface area contributed by atoms with Crippen molar-refractivity contribution in [3.8, 4) is 0 Å². The number of thiophene rings is 1. The average molecular weight is 238 g/mol. The van der Waals surface area contributed by atoms with Gasteiger partial charge in [0.1, 0.15) is 0 Å². The van der Waals surface area contributed by atoms with E-state index in [9.17, 15) is 4.79 Å². The van der Waals surface area contributed by atoms with E-state index in [2.05, 4.69) is 28.6 Å². The Morgan fingerprint density at radius 2 is 2.50 bits per heavy atom. The number of amides is 1. The van der Waals surface area contributed by atoms with Gasteiger partial charge in [0.15, 0.2) is 0 Å². The van der Waals surface area contributed by atoms with E-state index in [1.165, 1.54) is 10.4 Å². The number of likely N-dealkylation sites (N-methyl/N-ethyl adjacent to an activating group) is 1. The van der Waals surface area contributed by atoms with Gasteiger partial charge >= 0.3 is 0 Å². The number of hydrogen-bond acceptors (Lipinski definition) is 3. The van der Waals surface area contributed by atoms with Crippen LogP contribution >= 0.6 is 11.3 Å². The Hall–Kier alpha value is -0.870. The number of hydrogen-bond donors (Lipinski definition) is 1. The fourth-order valence-corrected chi connectivity index (χ4v) is 3.31. The van der Waals surface area contributed by atoms with Gasteiger partial charge in [0.2, 0.25) is 5.91 Å². The van der Waals surface area contributed by atoms with Gasteiger partial charge in [0, 0.05) is 24.5 Å². The highest BCUT2D eigenvalue weighted by Gasteiger charge is 2.27. The largest absolute Gasteiger partial charge is 0.358 e. The first-order valence-electron chi connectivity index (χ1n) is 5.77. The second-order valence-corrected chi connectivity index (χ2v) is 5.12. The summed E-state index contributed by atoms with van der Waals surface area (Å²) < 4.78 is 0. The normalized spacial score (nSPS) is 20.5. The van der Waals surface area contributed by atoms with Crippen molar-refractivity contribution in [3.63, 3.8) is 0 Å². The molecule has 0 spiro atoms. The summed E-state index contributed by atoms with van der Waals surface area (Å²) in [4.78, 5) is 15.2. The Morgan fingerprint density at radius 1 is 1.69 bits per heavy atom. The fourth-order valence-electron chi connectivity index (χ4n) is 2.38. The molecule has 1 N–H and O–H groups in total. The van der Waals surface area contributed by atoms with E-state index in [4.69, 9.17) is 0 Å². The molecule has 2 rings (SSSR count). The molecule has 1 aromatic rings. The molecule has 4 heteroatoms. The molecule has 88 valence electrons. The molecule has 0 aromatic carbocycles. The third-order valence-corrected chi connectivity index (χ3v) is 4.21. The summed E-state index contributed by atoms with van der Waals surface area (Å²) in [6.45, 7) is 3.71. The molecule has 0 fully saturated rings. The van der Waals surface area contributed by atoms with Crippen molar-refractivity contribution in [2.45, 2.75) is 25.8 Å². The van der Waals surface area contributed by atoms with Gasteiger partial charge < -0.3 is 5.32 Å². The predicted molar refractivity (Wildman–Crippen MR) is 66.7 cm³/mol. The van der Waals surface area contributed by atoms with Crippen molar-refractivity contribution in [1.29, 1.82) is 0 Å². The van der Waals surface area contributed by atoms with E-state index >= 15 is 0 Å². The van der Waals surface area contributed by atoms with Crippen LogP contribution in [0.5, 0.6) is 0 Å². The topological polar surface area (TPSA) is 32.3 Å². The lowest BCUT2D eigenvalue weighted by molar-refractivity contribution is -0.122. The van der Waals surface area contributed by atoms with Gasteiger partial charge in [0.25, 0.3) is 0 Å². The first kappa shape index (κ1) is 11.6. The van der Waals surface area contributed by atoms with E-state index in [1.54, 1.807) is 7.05 Å². The van der Waals surface area contributed by atoms with Gasteiger partial charge in [-0.1, -0.05) is 6.92 Å². The Balaban J connectivity index is 2.14. The molecule has 16 heavy (non-hydrogen) atoms. The summed E-state index contributed by atoms with van der Waals surface area (Å²) >= 11 is 1.84. The molecule has 0 saturated carbocycles. The van der Waals surface area contributed by atoms with Crippen LogP contribution < -0.4 is 5.32 Å². The zero-order valence-corrected chi connectivity index (χ0v) is 10.6. The summed E-state index contributed by atoms with van der Waals surface area (Å²) in [5.41, 5.74) is 1.43. The van der Waals surface area contributed by atoms with Gasteiger partial charge in [-0.25, -0.2) is 0 Å². The lowest BCUT2D eigenvalue weighted by atomic mass is 9.98. The van der Waals surface area contributed by atoms with Crippen molar-refractivity contribution in [1.82, 2.24) is 10.2 Å². The minimum Gasteiger partial charge on any atom is -0.358 e. The predicted octanol–water partition coefficient (Wildman–Crippen LogP) is 1.80. The Morgan fingerprint density at radius 3 is 3.19 bits per heavy atom. The van der Waals surface area contributed by atoms with Crippen LogP contribution in [0.25, 0.3) is 0 Å². The van der Waals surface area contributed by atoms with Crippen molar-refractivity contribution in [3.05, 3.63) is 21.9 Å². The number of carbonyl (C=O) groups excluding carboxylic acids is 1. The van der Waals surface area contributed by atoms with Crippen molar-refractivity contribution >= 4 is 17.2 Å². The molecule has 1 amide bonds. The molecule has 0 saturated heterocycles. The summed E-state index contributed by atoms with van der Waals surface area (Å²) in [7, 11) is 1.70. The van der Waals surface area contributed by atoms with Crippen LogP contribution in [0, 0.1) is 0 Å². The molecular formula is C12H18N2OS. The van der Waals surface area contributed by atoms with Gasteiger partial charge in [-0.2, -0.15) is 0 Å². The molecule has 1 aliphatic heterocycles. The van der Waals surface area contributed by atoms with E-state index in [1.807, 2.05) is 11.3 Å². The first-order chi connectivity index (χ1) is 7.76. The molecule has 0 radical (unpaired) electrons. The third kappa shape index (κ3) is 2.13. The highest BCUT2D eigenvalue weighted by molar-refractivity contribution is 7.10. The zero-order valence-electron chi connectivity index (χ0n) is 9.82. The lowest BCUT2D eigenvalue weighted by Crippen LogP contribution is -2.41. The maximum Gasteiger partial charge on any atom is 0.233 e. The Kier molecular flexibility index (Phi) is 3.61. The van der Waals surface area contributed by atoms with Crippen LogP contribution in [0.3, 0.4) is 0 Å². The minimum atomic E-state index is 0.108. The molecule has 0 bridgehead atoms. The Bertz CT molecular complexity index is 375. The van der Waals surface area contributed by atoms with E-state index in [0.29, 0.717) is 12.6 Å². The number of nitrogens with one attached hydrogen (secondary N) is 1. The number of nitrogens with zero attached hydrogens (tertiary/aromatic N) is 1. The van der Waals surface area contributed by atoms with Crippen LogP contribution in [0.1, 0.15) is 29.8 Å². The van der Waals surface area contributed by atoms with Crippen LogP contribution in [0.2, 0.25) is 0 Å². The van der Waals surface area contributed by atoms with Crippen LogP contribution in [-0.4, -0.2) is 30.9 Å². The van der Waals surface area contributed by atoms with Gasteiger partial charge in [-0.05, 0) is 29.9 Å². The second-order valence-electron chi connectivity index (χ2n) is 4.12. The smallest absolute Gasteiger partial charge is 0.233 e. The number of rotatable bonds is 3. The highest BCUT2D eigenvalue weighted by Crippen LogP contribution is 2.34. The summed E-state index contributed by atoms with van der Waals surface area (Å²) in [6.07, 6.45) is 2.15. The molecule has 1 aromatic heterocycles. The first-order valence-corrected chi connectivity index (χ1v) is 6.65. The second kappa shape index (κ2) is 4.97. The van der Waals surface area contributed by atoms with Gasteiger partial charge in [-0.15, -0.1) is 11.3 Å². The molecule has 0 aliphatic carbocycles. The monoisotopic (exact) mass is 238 g/mol.